The van der Waals surface area contributed by atoms with Crippen LogP contribution in [0.3, 0.4) is 0 Å². The second-order valence-electron chi connectivity index (χ2n) is 9.32. The van der Waals surface area contributed by atoms with Gasteiger partial charge in [0, 0.05) is 0 Å². The van der Waals surface area contributed by atoms with E-state index < -0.39 is 0 Å². The van der Waals surface area contributed by atoms with E-state index >= 15 is 0 Å². The van der Waals surface area contributed by atoms with Crippen LogP contribution in [0, 0.1) is 0 Å². The molecule has 0 amide bonds. The van der Waals surface area contributed by atoms with Crippen molar-refractivity contribution in [3.63, 3.8) is 0 Å². The maximum Gasteiger partial charge on any atom is -0.0323 e. The summed E-state index contributed by atoms with van der Waals surface area (Å²) in [6.45, 7) is 8.92. The summed E-state index contributed by atoms with van der Waals surface area (Å²) in [4.78, 5) is 0. The van der Waals surface area contributed by atoms with E-state index in [9.17, 15) is 0 Å². The molecule has 0 saturated carbocycles. The molecule has 0 aliphatic rings. The molecule has 0 aromatic heterocycles. The Morgan fingerprint density at radius 3 is 0.821 bits per heavy atom. The number of rotatable bonds is 24. The number of allylic oxidation sites excluding steroid dienone is 1. The first-order valence-electron chi connectivity index (χ1n) is 13.5. The van der Waals surface area contributed by atoms with Crippen molar-refractivity contribution in [1.82, 2.24) is 0 Å². The highest BCUT2D eigenvalue weighted by Gasteiger charge is 1.98. The Hall–Kier alpha value is -0.260. The van der Waals surface area contributed by atoms with E-state index in [2.05, 4.69) is 20.4 Å². The minimum absolute atomic E-state index is 1.29. The summed E-state index contributed by atoms with van der Waals surface area (Å²) in [6.07, 6.45) is 34.2. The SMILES string of the molecule is C=C(CCCCCCCCCCCCC)CCCCCCCCCCCCC. The third-order valence-corrected chi connectivity index (χ3v) is 6.27. The van der Waals surface area contributed by atoms with Crippen LogP contribution >= 0.6 is 0 Å². The van der Waals surface area contributed by atoms with Crippen LogP contribution in [-0.4, -0.2) is 0 Å². The number of hydrogen-bond acceptors (Lipinski definition) is 0. The first kappa shape index (κ1) is 27.7. The molecule has 0 atom stereocenters. The molecule has 0 heteroatoms. The highest BCUT2D eigenvalue weighted by Crippen LogP contribution is 2.18. The van der Waals surface area contributed by atoms with Gasteiger partial charge in [0.05, 0.1) is 0 Å². The lowest BCUT2D eigenvalue weighted by molar-refractivity contribution is 0.541. The minimum atomic E-state index is 1.29. The third-order valence-electron chi connectivity index (χ3n) is 6.27. The van der Waals surface area contributed by atoms with Crippen molar-refractivity contribution in [2.75, 3.05) is 0 Å². The van der Waals surface area contributed by atoms with Gasteiger partial charge in [0.15, 0.2) is 0 Å². The topological polar surface area (TPSA) is 0 Å². The molecule has 0 fully saturated rings. The lowest BCUT2D eigenvalue weighted by Crippen LogP contribution is -1.87. The predicted octanol–water partition coefficient (Wildman–Crippen LogP) is 10.9. The summed E-state index contributed by atoms with van der Waals surface area (Å²) in [6, 6.07) is 0. The molecule has 0 spiro atoms. The average Bonchev–Trinajstić information content (AvgIpc) is 2.70. The normalized spacial score (nSPS) is 11.2. The summed E-state index contributed by atoms with van der Waals surface area (Å²) in [7, 11) is 0. The van der Waals surface area contributed by atoms with Gasteiger partial charge in [0.2, 0.25) is 0 Å². The van der Waals surface area contributed by atoms with Gasteiger partial charge in [-0.2, -0.15) is 0 Å². The average molecular weight is 393 g/mol. The number of hydrogen-bond donors (Lipinski definition) is 0. The molecule has 0 aromatic carbocycles. The van der Waals surface area contributed by atoms with Gasteiger partial charge in [-0.05, 0) is 25.7 Å². The minimum Gasteiger partial charge on any atom is -0.0999 e. The molecular weight excluding hydrogens is 336 g/mol. The molecule has 0 saturated heterocycles. The molecular formula is C28H56. The maximum absolute atomic E-state index is 4.32. The molecule has 0 aromatic rings. The summed E-state index contributed by atoms with van der Waals surface area (Å²) < 4.78 is 0. The molecule has 0 nitrogen and oxygen atoms in total. The molecule has 0 bridgehead atoms. The first-order valence-corrected chi connectivity index (χ1v) is 13.5. The Morgan fingerprint density at radius 2 is 0.571 bits per heavy atom. The van der Waals surface area contributed by atoms with Crippen molar-refractivity contribution in [3.8, 4) is 0 Å². The van der Waals surface area contributed by atoms with E-state index in [-0.39, 0.29) is 0 Å². The lowest BCUT2D eigenvalue weighted by atomic mass is 10.00. The standard InChI is InChI=1S/C28H56/c1-4-6-8-10-12-14-16-18-20-22-24-26-28(3)27-25-23-21-19-17-15-13-11-9-7-5-2/h3-27H2,1-2H3. The van der Waals surface area contributed by atoms with Crippen LogP contribution in [0.2, 0.25) is 0 Å². The first-order chi connectivity index (χ1) is 13.8. The molecule has 0 aliphatic carbocycles. The zero-order valence-electron chi connectivity index (χ0n) is 20.2. The van der Waals surface area contributed by atoms with Gasteiger partial charge in [0.25, 0.3) is 0 Å². The molecule has 0 rings (SSSR count). The zero-order valence-corrected chi connectivity index (χ0v) is 20.2. The van der Waals surface area contributed by atoms with Gasteiger partial charge in [0.1, 0.15) is 0 Å². The smallest absolute Gasteiger partial charge is 0.0323 e. The van der Waals surface area contributed by atoms with Crippen molar-refractivity contribution in [2.45, 2.75) is 168 Å². The van der Waals surface area contributed by atoms with E-state index in [1.54, 1.807) is 0 Å². The van der Waals surface area contributed by atoms with Crippen LogP contribution in [0.25, 0.3) is 0 Å². The Bertz CT molecular complexity index is 262. The fourth-order valence-corrected chi connectivity index (χ4v) is 4.20. The van der Waals surface area contributed by atoms with E-state index in [0.29, 0.717) is 0 Å². The van der Waals surface area contributed by atoms with Gasteiger partial charge < -0.3 is 0 Å². The Labute approximate surface area is 180 Å². The Balaban J connectivity index is 3.13. The van der Waals surface area contributed by atoms with Gasteiger partial charge in [-0.25, -0.2) is 0 Å². The fraction of sp³-hybridized carbons (Fsp3) is 0.929. The number of unbranched alkanes of at least 4 members (excludes halogenated alkanes) is 20. The van der Waals surface area contributed by atoms with E-state index in [4.69, 9.17) is 0 Å². The second kappa shape index (κ2) is 24.8. The highest BCUT2D eigenvalue weighted by atomic mass is 14.0. The van der Waals surface area contributed by atoms with Crippen LogP contribution in [0.4, 0.5) is 0 Å². The summed E-state index contributed by atoms with van der Waals surface area (Å²) in [5.41, 5.74) is 1.52. The van der Waals surface area contributed by atoms with Gasteiger partial charge in [-0.1, -0.05) is 154 Å². The summed E-state index contributed by atoms with van der Waals surface area (Å²) in [5.74, 6) is 0. The van der Waals surface area contributed by atoms with Crippen molar-refractivity contribution < 1.29 is 0 Å². The van der Waals surface area contributed by atoms with Gasteiger partial charge in [-0.15, -0.1) is 0 Å². The molecule has 168 valence electrons. The maximum atomic E-state index is 4.32. The molecule has 0 aliphatic heterocycles. The summed E-state index contributed by atoms with van der Waals surface area (Å²) in [5, 5.41) is 0. The summed E-state index contributed by atoms with van der Waals surface area (Å²) >= 11 is 0. The lowest BCUT2D eigenvalue weighted by Gasteiger charge is -2.06. The predicted molar refractivity (Wildman–Crippen MR) is 131 cm³/mol. The van der Waals surface area contributed by atoms with E-state index in [1.165, 1.54) is 160 Å². The van der Waals surface area contributed by atoms with Crippen LogP contribution in [0.15, 0.2) is 12.2 Å². The van der Waals surface area contributed by atoms with Gasteiger partial charge in [-0.3, -0.25) is 0 Å². The molecule has 0 unspecified atom stereocenters. The van der Waals surface area contributed by atoms with Crippen molar-refractivity contribution in [2.24, 2.45) is 0 Å². The second-order valence-corrected chi connectivity index (χ2v) is 9.32. The highest BCUT2D eigenvalue weighted by molar-refractivity contribution is 4.93. The molecule has 0 radical (unpaired) electrons. The van der Waals surface area contributed by atoms with Crippen LogP contribution in [0.5, 0.6) is 0 Å². The van der Waals surface area contributed by atoms with E-state index in [0.717, 1.165) is 0 Å². The van der Waals surface area contributed by atoms with E-state index in [1.807, 2.05) is 0 Å². The van der Waals surface area contributed by atoms with Crippen molar-refractivity contribution in [3.05, 3.63) is 12.2 Å². The molecule has 0 heterocycles. The monoisotopic (exact) mass is 392 g/mol. The zero-order chi connectivity index (χ0) is 20.5. The van der Waals surface area contributed by atoms with Crippen LogP contribution in [0.1, 0.15) is 168 Å². The quantitative estimate of drug-likeness (QED) is 0.113. The van der Waals surface area contributed by atoms with Crippen LogP contribution in [-0.2, 0) is 0 Å². The largest absolute Gasteiger partial charge is 0.0999 e. The Kier molecular flexibility index (Phi) is 24.5. The fourth-order valence-electron chi connectivity index (χ4n) is 4.20. The van der Waals surface area contributed by atoms with Crippen LogP contribution < -0.4 is 0 Å². The Morgan fingerprint density at radius 1 is 0.357 bits per heavy atom. The van der Waals surface area contributed by atoms with Crippen molar-refractivity contribution >= 4 is 0 Å². The molecule has 28 heavy (non-hydrogen) atoms. The van der Waals surface area contributed by atoms with Crippen molar-refractivity contribution in [1.29, 1.82) is 0 Å². The molecule has 0 N–H and O–H groups in total. The third kappa shape index (κ3) is 23.8. The van der Waals surface area contributed by atoms with Gasteiger partial charge >= 0.3 is 0 Å².